The third kappa shape index (κ3) is 3.95. The molecule has 2 atom stereocenters. The summed E-state index contributed by atoms with van der Waals surface area (Å²) in [6, 6.07) is 14.5. The number of hydrogen-bond donors (Lipinski definition) is 2. The van der Waals surface area contributed by atoms with Gasteiger partial charge >= 0.3 is 6.18 Å². The van der Waals surface area contributed by atoms with E-state index in [9.17, 15) is 18.3 Å². The van der Waals surface area contributed by atoms with Crippen LogP contribution < -0.4 is 5.73 Å². The van der Waals surface area contributed by atoms with Crippen LogP contribution in [0.1, 0.15) is 47.6 Å². The van der Waals surface area contributed by atoms with Crippen LogP contribution in [0.15, 0.2) is 53.1 Å². The standard InChI is InChI=1S/C27H24F3N3O2S/c28-27(29,30)21-22(15-4-2-1-3-5-15)33-35-23(21)25-32-20-9-7-17-12-16(6-8-19(17)24(20)36-25)18-10-11-26(31,13-18)14-34/h1-6,8,12,18,34H,7,9-11,13-14,31H2/t18-,26-/m0/s1. The Balaban J connectivity index is 1.37. The quantitative estimate of drug-likeness (QED) is 0.340. The van der Waals surface area contributed by atoms with Crippen molar-refractivity contribution in [3.8, 4) is 32.5 Å². The Morgan fingerprint density at radius 2 is 1.94 bits per heavy atom. The van der Waals surface area contributed by atoms with Crippen LogP contribution in [0, 0.1) is 0 Å². The van der Waals surface area contributed by atoms with Crippen molar-refractivity contribution in [1.82, 2.24) is 10.1 Å². The molecule has 1 fully saturated rings. The number of thiazole rings is 1. The van der Waals surface area contributed by atoms with Crippen molar-refractivity contribution in [3.05, 3.63) is 70.9 Å². The zero-order chi connectivity index (χ0) is 25.1. The lowest BCUT2D eigenvalue weighted by Gasteiger charge is -2.22. The summed E-state index contributed by atoms with van der Waals surface area (Å²) in [5.74, 6) is -0.0426. The van der Waals surface area contributed by atoms with Crippen molar-refractivity contribution >= 4 is 11.3 Å². The highest BCUT2D eigenvalue weighted by Crippen LogP contribution is 2.48. The fraction of sp³-hybridized carbons (Fsp3) is 0.333. The minimum Gasteiger partial charge on any atom is -0.394 e. The van der Waals surface area contributed by atoms with Gasteiger partial charge in [-0.2, -0.15) is 13.2 Å². The van der Waals surface area contributed by atoms with Crippen LogP contribution in [0.4, 0.5) is 13.2 Å². The molecule has 2 aliphatic rings. The van der Waals surface area contributed by atoms with Crippen LogP contribution in [0.2, 0.25) is 0 Å². The number of aliphatic hydroxyl groups is 1. The first-order valence-electron chi connectivity index (χ1n) is 11.9. The molecule has 5 nitrogen and oxygen atoms in total. The molecule has 0 radical (unpaired) electrons. The molecule has 2 heterocycles. The fourth-order valence-electron chi connectivity index (χ4n) is 5.45. The molecule has 0 aliphatic heterocycles. The lowest BCUT2D eigenvalue weighted by Crippen LogP contribution is -2.40. The molecular formula is C27H24F3N3O2S. The van der Waals surface area contributed by atoms with Crippen molar-refractivity contribution in [2.75, 3.05) is 6.61 Å². The van der Waals surface area contributed by atoms with Gasteiger partial charge in [0.15, 0.2) is 5.01 Å². The summed E-state index contributed by atoms with van der Waals surface area (Å²) in [6.45, 7) is -0.0189. The lowest BCUT2D eigenvalue weighted by atomic mass is 9.87. The Kier molecular flexibility index (Phi) is 5.55. The molecule has 6 rings (SSSR count). The minimum absolute atomic E-state index is 0.0189. The maximum absolute atomic E-state index is 14.2. The maximum Gasteiger partial charge on any atom is 0.422 e. The zero-order valence-corrected chi connectivity index (χ0v) is 20.1. The van der Waals surface area contributed by atoms with Crippen LogP contribution in [0.25, 0.3) is 32.5 Å². The molecule has 2 aromatic carbocycles. The van der Waals surface area contributed by atoms with Gasteiger partial charge in [0.1, 0.15) is 11.3 Å². The molecule has 3 N–H and O–H groups in total. The first-order chi connectivity index (χ1) is 17.3. The predicted octanol–water partition coefficient (Wildman–Crippen LogP) is 6.21. The Labute approximate surface area is 209 Å². The van der Waals surface area contributed by atoms with E-state index in [0.717, 1.165) is 47.4 Å². The molecule has 186 valence electrons. The number of nitrogens with two attached hydrogens (primary N) is 1. The molecule has 0 amide bonds. The average Bonchev–Trinajstić information content (AvgIpc) is 3.60. The van der Waals surface area contributed by atoms with E-state index in [-0.39, 0.29) is 23.1 Å². The monoisotopic (exact) mass is 511 g/mol. The molecule has 0 spiro atoms. The summed E-state index contributed by atoms with van der Waals surface area (Å²) in [4.78, 5) is 5.45. The highest BCUT2D eigenvalue weighted by molar-refractivity contribution is 7.18. The van der Waals surface area contributed by atoms with E-state index >= 15 is 0 Å². The van der Waals surface area contributed by atoms with Gasteiger partial charge in [0, 0.05) is 11.1 Å². The van der Waals surface area contributed by atoms with Crippen LogP contribution in [-0.2, 0) is 19.0 Å². The van der Waals surface area contributed by atoms with Crippen LogP contribution in [-0.4, -0.2) is 27.4 Å². The third-order valence-electron chi connectivity index (χ3n) is 7.35. The summed E-state index contributed by atoms with van der Waals surface area (Å²) in [6.07, 6.45) is -0.775. The van der Waals surface area contributed by atoms with E-state index in [4.69, 9.17) is 10.3 Å². The molecular weight excluding hydrogens is 487 g/mol. The van der Waals surface area contributed by atoms with Gasteiger partial charge in [-0.05, 0) is 54.7 Å². The number of benzene rings is 2. The molecule has 1 saturated carbocycles. The highest BCUT2D eigenvalue weighted by atomic mass is 32.1. The van der Waals surface area contributed by atoms with Gasteiger partial charge in [-0.25, -0.2) is 4.98 Å². The van der Waals surface area contributed by atoms with E-state index < -0.39 is 17.3 Å². The van der Waals surface area contributed by atoms with Crippen LogP contribution >= 0.6 is 11.3 Å². The minimum atomic E-state index is -4.65. The van der Waals surface area contributed by atoms with Gasteiger partial charge in [0.25, 0.3) is 0 Å². The van der Waals surface area contributed by atoms with Gasteiger partial charge in [0.05, 0.1) is 17.2 Å². The number of alkyl halides is 3. The summed E-state index contributed by atoms with van der Waals surface area (Å²) in [7, 11) is 0. The average molecular weight is 512 g/mol. The smallest absolute Gasteiger partial charge is 0.394 e. The Bertz CT molecular complexity index is 1430. The lowest BCUT2D eigenvalue weighted by molar-refractivity contribution is -0.136. The second kappa shape index (κ2) is 8.54. The van der Waals surface area contributed by atoms with Crippen LogP contribution in [0.3, 0.4) is 0 Å². The summed E-state index contributed by atoms with van der Waals surface area (Å²) in [5, 5.41) is 13.6. The second-order valence-electron chi connectivity index (χ2n) is 9.77. The first kappa shape index (κ1) is 23.4. The molecule has 2 aliphatic carbocycles. The summed E-state index contributed by atoms with van der Waals surface area (Å²) >= 11 is 1.21. The SMILES string of the molecule is N[C@@]1(CO)CC[C@H](c2ccc3c(c2)CCc2nc(-c4onc(-c5ccccc5)c4C(F)(F)F)sc2-3)C1. The number of fused-ring (bicyclic) bond motifs is 3. The number of aryl methyl sites for hydroxylation is 2. The van der Waals surface area contributed by atoms with E-state index in [0.29, 0.717) is 17.9 Å². The Hall–Kier alpha value is -3.01. The molecule has 0 bridgehead atoms. The number of aromatic nitrogens is 2. The van der Waals surface area contributed by atoms with E-state index in [1.165, 1.54) is 16.9 Å². The number of nitrogens with zero attached hydrogens (tertiary/aromatic N) is 2. The molecule has 36 heavy (non-hydrogen) atoms. The van der Waals surface area contributed by atoms with Gasteiger partial charge < -0.3 is 15.4 Å². The highest BCUT2D eigenvalue weighted by Gasteiger charge is 2.42. The van der Waals surface area contributed by atoms with Crippen molar-refractivity contribution in [2.45, 2.75) is 49.7 Å². The largest absolute Gasteiger partial charge is 0.422 e. The van der Waals surface area contributed by atoms with E-state index in [1.54, 1.807) is 30.3 Å². The summed E-state index contributed by atoms with van der Waals surface area (Å²) in [5.41, 5.74) is 9.11. The molecule has 0 saturated heterocycles. The summed E-state index contributed by atoms with van der Waals surface area (Å²) < 4.78 is 47.8. The van der Waals surface area contributed by atoms with Gasteiger partial charge in [0.2, 0.25) is 5.76 Å². The molecule has 4 aromatic rings. The van der Waals surface area contributed by atoms with Gasteiger partial charge in [-0.3, -0.25) is 0 Å². The Morgan fingerprint density at radius 3 is 2.67 bits per heavy atom. The molecule has 0 unspecified atom stereocenters. The zero-order valence-electron chi connectivity index (χ0n) is 19.3. The fourth-order valence-corrected chi connectivity index (χ4v) is 6.61. The normalized spacial score (nSPS) is 21.4. The number of aliphatic hydroxyl groups excluding tert-OH is 1. The topological polar surface area (TPSA) is 85.2 Å². The van der Waals surface area contributed by atoms with Gasteiger partial charge in [-0.1, -0.05) is 53.7 Å². The molecule has 2 aromatic heterocycles. The van der Waals surface area contributed by atoms with Crippen molar-refractivity contribution in [2.24, 2.45) is 5.73 Å². The van der Waals surface area contributed by atoms with Crippen LogP contribution in [0.5, 0.6) is 0 Å². The number of halogens is 3. The van der Waals surface area contributed by atoms with Crippen molar-refractivity contribution in [3.63, 3.8) is 0 Å². The second-order valence-corrected chi connectivity index (χ2v) is 10.8. The van der Waals surface area contributed by atoms with E-state index in [1.807, 2.05) is 6.07 Å². The first-order valence-corrected chi connectivity index (χ1v) is 12.7. The third-order valence-corrected chi connectivity index (χ3v) is 8.48. The maximum atomic E-state index is 14.2. The Morgan fingerprint density at radius 1 is 1.14 bits per heavy atom. The number of rotatable bonds is 4. The number of hydrogen-bond acceptors (Lipinski definition) is 6. The van der Waals surface area contributed by atoms with E-state index in [2.05, 4.69) is 22.3 Å². The van der Waals surface area contributed by atoms with Gasteiger partial charge in [-0.15, -0.1) is 11.3 Å². The van der Waals surface area contributed by atoms with Crippen molar-refractivity contribution < 1.29 is 22.8 Å². The van der Waals surface area contributed by atoms with Crippen molar-refractivity contribution in [1.29, 1.82) is 0 Å². The molecule has 9 heteroatoms. The predicted molar refractivity (Wildman–Crippen MR) is 131 cm³/mol.